The number of halogens is 3. The number of carboxylic acids is 1. The minimum absolute atomic E-state index is 0.0185. The van der Waals surface area contributed by atoms with E-state index >= 15 is 0 Å². The predicted octanol–water partition coefficient (Wildman–Crippen LogP) is 1.90. The van der Waals surface area contributed by atoms with Gasteiger partial charge in [-0.05, 0) is 23.8 Å². The van der Waals surface area contributed by atoms with Crippen molar-refractivity contribution < 1.29 is 23.1 Å². The predicted molar refractivity (Wildman–Crippen MR) is 80.9 cm³/mol. The van der Waals surface area contributed by atoms with Gasteiger partial charge < -0.3 is 14.9 Å². The van der Waals surface area contributed by atoms with E-state index in [1.54, 1.807) is 6.07 Å². The molecule has 2 aromatic carbocycles. The SMILES string of the molecule is O=C([O-])c1ccccc1Cc1nc2cc(C(F)(F)F)ccc2c(=O)[nH]1. The van der Waals surface area contributed by atoms with Crippen molar-refractivity contribution in [3.63, 3.8) is 0 Å². The zero-order valence-electron chi connectivity index (χ0n) is 12.6. The molecule has 0 fully saturated rings. The minimum atomic E-state index is -4.56. The molecule has 1 heterocycles. The monoisotopic (exact) mass is 347 g/mol. The van der Waals surface area contributed by atoms with E-state index in [4.69, 9.17) is 0 Å². The number of aromatic carboxylic acids is 1. The van der Waals surface area contributed by atoms with Crippen LogP contribution in [0.4, 0.5) is 13.2 Å². The molecule has 0 saturated heterocycles. The summed E-state index contributed by atoms with van der Waals surface area (Å²) < 4.78 is 38.5. The Morgan fingerprint density at radius 2 is 1.88 bits per heavy atom. The zero-order chi connectivity index (χ0) is 18.2. The Morgan fingerprint density at radius 1 is 1.16 bits per heavy atom. The van der Waals surface area contributed by atoms with Crippen molar-refractivity contribution in [2.75, 3.05) is 0 Å². The van der Waals surface area contributed by atoms with Crippen LogP contribution in [0.25, 0.3) is 10.9 Å². The summed E-state index contributed by atoms with van der Waals surface area (Å²) in [5, 5.41) is 11.1. The molecule has 3 rings (SSSR count). The highest BCUT2D eigenvalue weighted by atomic mass is 19.4. The lowest BCUT2D eigenvalue weighted by Gasteiger charge is -2.11. The molecule has 0 aliphatic carbocycles. The average molecular weight is 347 g/mol. The van der Waals surface area contributed by atoms with Crippen LogP contribution in [0.3, 0.4) is 0 Å². The molecule has 0 amide bonds. The van der Waals surface area contributed by atoms with Crippen molar-refractivity contribution in [1.82, 2.24) is 9.97 Å². The topological polar surface area (TPSA) is 85.9 Å². The molecule has 0 bridgehead atoms. The van der Waals surface area contributed by atoms with E-state index in [-0.39, 0.29) is 28.7 Å². The number of H-pyrrole nitrogens is 1. The van der Waals surface area contributed by atoms with Crippen LogP contribution in [-0.4, -0.2) is 15.9 Å². The molecule has 8 heteroatoms. The van der Waals surface area contributed by atoms with E-state index in [1.165, 1.54) is 18.2 Å². The Morgan fingerprint density at radius 3 is 2.56 bits per heavy atom. The quantitative estimate of drug-likeness (QED) is 0.784. The number of carboxylic acid groups (broad SMARTS) is 1. The maximum atomic E-state index is 12.8. The Hall–Kier alpha value is -3.16. The second-order valence-corrected chi connectivity index (χ2v) is 5.36. The number of benzene rings is 2. The largest absolute Gasteiger partial charge is 0.545 e. The summed E-state index contributed by atoms with van der Waals surface area (Å²) in [5.74, 6) is -1.33. The van der Waals surface area contributed by atoms with Gasteiger partial charge in [0, 0.05) is 12.0 Å². The van der Waals surface area contributed by atoms with Gasteiger partial charge in [0.2, 0.25) is 0 Å². The zero-order valence-corrected chi connectivity index (χ0v) is 12.6. The van der Waals surface area contributed by atoms with Gasteiger partial charge in [-0.3, -0.25) is 4.79 Å². The lowest BCUT2D eigenvalue weighted by atomic mass is 10.0. The summed E-state index contributed by atoms with van der Waals surface area (Å²) in [7, 11) is 0. The van der Waals surface area contributed by atoms with E-state index in [0.29, 0.717) is 5.56 Å². The van der Waals surface area contributed by atoms with Gasteiger partial charge in [0.1, 0.15) is 5.82 Å². The first-order valence-electron chi connectivity index (χ1n) is 7.15. The number of rotatable bonds is 3. The van der Waals surface area contributed by atoms with E-state index < -0.39 is 23.3 Å². The van der Waals surface area contributed by atoms with E-state index in [2.05, 4.69) is 9.97 Å². The summed E-state index contributed by atoms with van der Waals surface area (Å²) in [4.78, 5) is 29.7. The molecule has 128 valence electrons. The third-order valence-corrected chi connectivity index (χ3v) is 3.68. The maximum absolute atomic E-state index is 12.8. The molecule has 1 N–H and O–H groups in total. The van der Waals surface area contributed by atoms with Crippen molar-refractivity contribution in [3.05, 3.63) is 75.3 Å². The highest BCUT2D eigenvalue weighted by molar-refractivity contribution is 5.87. The van der Waals surface area contributed by atoms with Crippen molar-refractivity contribution in [2.24, 2.45) is 0 Å². The Balaban J connectivity index is 2.09. The first-order valence-corrected chi connectivity index (χ1v) is 7.15. The van der Waals surface area contributed by atoms with Gasteiger partial charge in [-0.25, -0.2) is 4.98 Å². The summed E-state index contributed by atoms with van der Waals surface area (Å²) >= 11 is 0. The van der Waals surface area contributed by atoms with Crippen molar-refractivity contribution in [2.45, 2.75) is 12.6 Å². The molecule has 1 aromatic heterocycles. The summed E-state index contributed by atoms with van der Waals surface area (Å²) in [6.07, 6.45) is -4.62. The van der Waals surface area contributed by atoms with Gasteiger partial charge >= 0.3 is 6.18 Å². The maximum Gasteiger partial charge on any atom is 0.416 e. The van der Waals surface area contributed by atoms with Crippen LogP contribution in [0, 0.1) is 0 Å². The van der Waals surface area contributed by atoms with Crippen LogP contribution in [0.15, 0.2) is 47.3 Å². The number of hydrogen-bond acceptors (Lipinski definition) is 4. The molecular weight excluding hydrogens is 337 g/mol. The first kappa shape index (κ1) is 16.7. The fraction of sp³-hybridized carbons (Fsp3) is 0.118. The number of aromatic amines is 1. The summed E-state index contributed by atoms with van der Waals surface area (Å²) in [5.41, 5.74) is -1.37. The van der Waals surface area contributed by atoms with Gasteiger partial charge in [0.15, 0.2) is 0 Å². The third-order valence-electron chi connectivity index (χ3n) is 3.68. The fourth-order valence-electron chi connectivity index (χ4n) is 2.50. The third kappa shape index (κ3) is 3.37. The van der Waals surface area contributed by atoms with Crippen LogP contribution >= 0.6 is 0 Å². The number of fused-ring (bicyclic) bond motifs is 1. The van der Waals surface area contributed by atoms with Gasteiger partial charge in [0.05, 0.1) is 22.4 Å². The molecule has 25 heavy (non-hydrogen) atoms. The first-order chi connectivity index (χ1) is 11.8. The fourth-order valence-corrected chi connectivity index (χ4v) is 2.50. The molecule has 0 atom stereocenters. The molecule has 0 unspecified atom stereocenters. The highest BCUT2D eigenvalue weighted by Crippen LogP contribution is 2.30. The van der Waals surface area contributed by atoms with Gasteiger partial charge in [-0.2, -0.15) is 13.2 Å². The Labute approximate surface area is 138 Å². The molecule has 0 aliphatic heterocycles. The van der Waals surface area contributed by atoms with Gasteiger partial charge in [-0.15, -0.1) is 0 Å². The Kier molecular flexibility index (Phi) is 4.03. The molecule has 0 aliphatic rings. The lowest BCUT2D eigenvalue weighted by Crippen LogP contribution is -2.24. The van der Waals surface area contributed by atoms with Crippen molar-refractivity contribution in [1.29, 1.82) is 0 Å². The van der Waals surface area contributed by atoms with Crippen LogP contribution in [0.2, 0.25) is 0 Å². The van der Waals surface area contributed by atoms with Crippen LogP contribution < -0.4 is 10.7 Å². The summed E-state index contributed by atoms with van der Waals surface area (Å²) in [6.45, 7) is 0. The summed E-state index contributed by atoms with van der Waals surface area (Å²) in [6, 6.07) is 8.63. The standard InChI is InChI=1S/C17H11F3N2O3/c18-17(19,20)10-5-6-12-13(8-10)21-14(22-15(12)23)7-9-3-1-2-4-11(9)16(24)25/h1-6,8H,7H2,(H,24,25)(H,21,22,23)/p-1. The van der Waals surface area contributed by atoms with Crippen molar-refractivity contribution >= 4 is 16.9 Å². The second-order valence-electron chi connectivity index (χ2n) is 5.36. The smallest absolute Gasteiger partial charge is 0.416 e. The molecule has 0 radical (unpaired) electrons. The number of hydrogen-bond donors (Lipinski definition) is 1. The molecule has 5 nitrogen and oxygen atoms in total. The van der Waals surface area contributed by atoms with E-state index in [1.807, 2.05) is 0 Å². The number of nitrogens with one attached hydrogen (secondary N) is 1. The van der Waals surface area contributed by atoms with Gasteiger partial charge in [-0.1, -0.05) is 24.3 Å². The number of nitrogens with zero attached hydrogens (tertiary/aromatic N) is 1. The number of carbonyl (C=O) groups excluding carboxylic acids is 1. The number of alkyl halides is 3. The molecule has 0 saturated carbocycles. The number of carbonyl (C=O) groups is 1. The van der Waals surface area contributed by atoms with Crippen molar-refractivity contribution in [3.8, 4) is 0 Å². The van der Waals surface area contributed by atoms with Crippen LogP contribution in [0.5, 0.6) is 0 Å². The van der Waals surface area contributed by atoms with E-state index in [0.717, 1.165) is 18.2 Å². The number of aromatic nitrogens is 2. The normalized spacial score (nSPS) is 11.6. The van der Waals surface area contributed by atoms with E-state index in [9.17, 15) is 27.9 Å². The molecule has 0 spiro atoms. The molecular formula is C17H10F3N2O3-. The minimum Gasteiger partial charge on any atom is -0.545 e. The molecule has 3 aromatic rings. The average Bonchev–Trinajstić information content (AvgIpc) is 2.54. The lowest BCUT2D eigenvalue weighted by molar-refractivity contribution is -0.255. The second kappa shape index (κ2) is 6.04. The van der Waals surface area contributed by atoms with Crippen LogP contribution in [0.1, 0.15) is 27.3 Å². The highest BCUT2D eigenvalue weighted by Gasteiger charge is 2.30. The van der Waals surface area contributed by atoms with Gasteiger partial charge in [0.25, 0.3) is 5.56 Å². The Bertz CT molecular complexity index is 1030. The van der Waals surface area contributed by atoms with Crippen LogP contribution in [-0.2, 0) is 12.6 Å².